The van der Waals surface area contributed by atoms with Crippen molar-refractivity contribution in [1.29, 1.82) is 0 Å². The SMILES string of the molecule is Cc1cccc(C)c1-c1cc(=O)[nH]c(NSc2cccc(N(Cc3cncc(N(C)C4CCC4)n3)C3CCNC3)c2)n1. The van der Waals surface area contributed by atoms with Crippen LogP contribution in [0, 0.1) is 13.8 Å². The Morgan fingerprint density at radius 2 is 1.81 bits per heavy atom. The molecule has 6 rings (SSSR count). The van der Waals surface area contributed by atoms with E-state index in [0.29, 0.717) is 30.3 Å². The van der Waals surface area contributed by atoms with Crippen molar-refractivity contribution in [2.45, 2.75) is 63.1 Å². The number of aromatic amines is 1. The van der Waals surface area contributed by atoms with Crippen molar-refractivity contribution in [3.8, 4) is 11.3 Å². The number of hydrogen-bond donors (Lipinski definition) is 3. The highest BCUT2D eigenvalue weighted by molar-refractivity contribution is 8.00. The summed E-state index contributed by atoms with van der Waals surface area (Å²) >= 11 is 1.43. The number of hydrogen-bond acceptors (Lipinski definition) is 9. The molecule has 2 aromatic heterocycles. The predicted octanol–water partition coefficient (Wildman–Crippen LogP) is 5.32. The molecule has 10 heteroatoms. The second-order valence-corrected chi connectivity index (χ2v) is 12.2. The number of rotatable bonds is 10. The molecule has 2 fully saturated rings. The first-order valence-electron chi connectivity index (χ1n) is 14.7. The minimum absolute atomic E-state index is 0.189. The molecule has 1 aliphatic carbocycles. The van der Waals surface area contributed by atoms with Gasteiger partial charge >= 0.3 is 0 Å². The molecule has 42 heavy (non-hydrogen) atoms. The number of nitrogens with zero attached hydrogens (tertiary/aromatic N) is 5. The van der Waals surface area contributed by atoms with Crippen LogP contribution >= 0.6 is 11.9 Å². The van der Waals surface area contributed by atoms with Crippen LogP contribution in [0.4, 0.5) is 17.5 Å². The number of nitrogens with one attached hydrogen (secondary N) is 3. The van der Waals surface area contributed by atoms with Crippen LogP contribution in [0.1, 0.15) is 42.5 Å². The van der Waals surface area contributed by atoms with Crippen molar-refractivity contribution in [2.75, 3.05) is 34.7 Å². The summed E-state index contributed by atoms with van der Waals surface area (Å²) in [5.74, 6) is 1.37. The maximum Gasteiger partial charge on any atom is 0.252 e. The molecule has 1 atom stereocenters. The van der Waals surface area contributed by atoms with E-state index in [4.69, 9.17) is 9.97 Å². The van der Waals surface area contributed by atoms with Crippen LogP contribution in [0.5, 0.6) is 0 Å². The molecule has 3 heterocycles. The summed E-state index contributed by atoms with van der Waals surface area (Å²) in [4.78, 5) is 35.4. The van der Waals surface area contributed by atoms with Gasteiger partial charge < -0.3 is 15.1 Å². The van der Waals surface area contributed by atoms with Gasteiger partial charge in [-0.2, -0.15) is 0 Å². The Balaban J connectivity index is 1.21. The Morgan fingerprint density at radius 1 is 1.00 bits per heavy atom. The van der Waals surface area contributed by atoms with Crippen LogP contribution < -0.4 is 25.4 Å². The maximum atomic E-state index is 12.5. The van der Waals surface area contributed by atoms with Crippen LogP contribution in [0.25, 0.3) is 11.3 Å². The van der Waals surface area contributed by atoms with E-state index in [-0.39, 0.29) is 5.56 Å². The molecule has 0 radical (unpaired) electrons. The maximum absolute atomic E-state index is 12.5. The van der Waals surface area contributed by atoms with Gasteiger partial charge in [0.25, 0.3) is 5.56 Å². The van der Waals surface area contributed by atoms with E-state index in [1.807, 2.05) is 44.4 Å². The van der Waals surface area contributed by atoms with E-state index in [1.165, 1.54) is 31.2 Å². The molecule has 3 N–H and O–H groups in total. The molecule has 0 amide bonds. The summed E-state index contributed by atoms with van der Waals surface area (Å²) in [6.07, 6.45) is 8.57. The zero-order chi connectivity index (χ0) is 29.1. The zero-order valence-electron chi connectivity index (χ0n) is 24.4. The minimum atomic E-state index is -0.189. The van der Waals surface area contributed by atoms with Crippen molar-refractivity contribution in [3.05, 3.63) is 88.1 Å². The molecule has 1 saturated carbocycles. The summed E-state index contributed by atoms with van der Waals surface area (Å²) in [7, 11) is 2.13. The summed E-state index contributed by atoms with van der Waals surface area (Å²) in [6.45, 7) is 6.70. The van der Waals surface area contributed by atoms with Gasteiger partial charge in [0.2, 0.25) is 5.95 Å². The smallest absolute Gasteiger partial charge is 0.252 e. The van der Waals surface area contributed by atoms with Gasteiger partial charge in [0.15, 0.2) is 0 Å². The molecule has 1 saturated heterocycles. The molecule has 1 unspecified atom stereocenters. The van der Waals surface area contributed by atoms with E-state index < -0.39 is 0 Å². The zero-order valence-corrected chi connectivity index (χ0v) is 25.2. The van der Waals surface area contributed by atoms with Crippen LogP contribution in [0.15, 0.2) is 70.6 Å². The number of aryl methyl sites for hydroxylation is 2. The van der Waals surface area contributed by atoms with Gasteiger partial charge in [0, 0.05) is 47.9 Å². The highest BCUT2D eigenvalue weighted by Crippen LogP contribution is 2.30. The molecule has 2 aliphatic rings. The summed E-state index contributed by atoms with van der Waals surface area (Å²) in [5, 5.41) is 3.52. The first-order chi connectivity index (χ1) is 20.4. The van der Waals surface area contributed by atoms with Crippen molar-refractivity contribution in [2.24, 2.45) is 0 Å². The topological polar surface area (TPSA) is 102 Å². The van der Waals surface area contributed by atoms with E-state index in [9.17, 15) is 4.79 Å². The Kier molecular flexibility index (Phi) is 8.43. The monoisotopic (exact) mass is 582 g/mol. The van der Waals surface area contributed by atoms with Gasteiger partial charge in [-0.15, -0.1) is 0 Å². The fraction of sp³-hybridized carbons (Fsp3) is 0.375. The lowest BCUT2D eigenvalue weighted by atomic mass is 9.92. The molecule has 218 valence electrons. The summed E-state index contributed by atoms with van der Waals surface area (Å²) in [5.41, 5.74) is 5.73. The fourth-order valence-corrected chi connectivity index (χ4v) is 6.44. The van der Waals surface area contributed by atoms with Crippen LogP contribution in [0.3, 0.4) is 0 Å². The van der Waals surface area contributed by atoms with Crippen molar-refractivity contribution >= 4 is 29.4 Å². The van der Waals surface area contributed by atoms with Crippen molar-refractivity contribution < 1.29 is 0 Å². The van der Waals surface area contributed by atoms with Gasteiger partial charge in [-0.05, 0) is 87.3 Å². The standard InChI is InChI=1S/C32H38N8OS/c1-21-7-4-8-22(2)31(21)28-16-30(41)37-32(36-28)38-42-27-12-6-11-25(15-27)40(26-13-14-33-18-26)20-23-17-34-19-29(35-23)39(3)24-9-5-10-24/h4,6-8,11-12,15-17,19,24,26,33H,5,9-10,13-14,18,20H2,1-3H3,(H2,36,37,38,41). The third-order valence-electron chi connectivity index (χ3n) is 8.36. The first kappa shape index (κ1) is 28.2. The average Bonchev–Trinajstić information content (AvgIpc) is 3.49. The van der Waals surface area contributed by atoms with Gasteiger partial charge in [0.1, 0.15) is 5.82 Å². The van der Waals surface area contributed by atoms with Gasteiger partial charge in [-0.1, -0.05) is 24.3 Å². The molecule has 9 nitrogen and oxygen atoms in total. The molecule has 1 aliphatic heterocycles. The van der Waals surface area contributed by atoms with Crippen LogP contribution in [-0.4, -0.2) is 52.2 Å². The molecule has 2 aromatic carbocycles. The third kappa shape index (κ3) is 6.29. The van der Waals surface area contributed by atoms with E-state index in [1.54, 1.807) is 6.07 Å². The number of benzene rings is 2. The number of anilines is 3. The molecule has 0 spiro atoms. The molecule has 4 aromatic rings. The van der Waals surface area contributed by atoms with E-state index in [2.05, 4.69) is 61.1 Å². The van der Waals surface area contributed by atoms with Gasteiger partial charge in [-0.25, -0.2) is 9.97 Å². The summed E-state index contributed by atoms with van der Waals surface area (Å²) in [6, 6.07) is 17.1. The normalized spacial score (nSPS) is 16.7. The van der Waals surface area contributed by atoms with E-state index >= 15 is 0 Å². The average molecular weight is 583 g/mol. The summed E-state index contributed by atoms with van der Waals surface area (Å²) < 4.78 is 3.27. The fourth-order valence-electron chi connectivity index (χ4n) is 5.80. The quantitative estimate of drug-likeness (QED) is 0.214. The number of H-pyrrole nitrogens is 1. The first-order valence-corrected chi connectivity index (χ1v) is 15.5. The Labute approximate surface area is 251 Å². The second kappa shape index (κ2) is 12.5. The van der Waals surface area contributed by atoms with Gasteiger partial charge in [0.05, 0.1) is 30.3 Å². The lowest BCUT2D eigenvalue weighted by Gasteiger charge is -2.35. The third-order valence-corrected chi connectivity index (χ3v) is 9.14. The Morgan fingerprint density at radius 3 is 2.55 bits per heavy atom. The van der Waals surface area contributed by atoms with Crippen molar-refractivity contribution in [3.63, 3.8) is 0 Å². The molecular weight excluding hydrogens is 544 g/mol. The second-order valence-electron chi connectivity index (χ2n) is 11.3. The van der Waals surface area contributed by atoms with Crippen molar-refractivity contribution in [1.82, 2.24) is 25.3 Å². The number of aromatic nitrogens is 4. The highest BCUT2D eigenvalue weighted by Gasteiger charge is 2.26. The lowest BCUT2D eigenvalue weighted by Crippen LogP contribution is -2.38. The lowest BCUT2D eigenvalue weighted by molar-refractivity contribution is 0.399. The van der Waals surface area contributed by atoms with Gasteiger partial charge in [-0.3, -0.25) is 19.5 Å². The Bertz CT molecular complexity index is 1580. The van der Waals surface area contributed by atoms with E-state index in [0.717, 1.165) is 58.3 Å². The Hall–Kier alpha value is -3.89. The highest BCUT2D eigenvalue weighted by atomic mass is 32.2. The largest absolute Gasteiger partial charge is 0.361 e. The molecule has 0 bridgehead atoms. The van der Waals surface area contributed by atoms with Crippen LogP contribution in [0.2, 0.25) is 0 Å². The van der Waals surface area contributed by atoms with Crippen LogP contribution in [-0.2, 0) is 6.54 Å². The minimum Gasteiger partial charge on any atom is -0.361 e. The predicted molar refractivity (Wildman–Crippen MR) is 171 cm³/mol. The molecular formula is C32H38N8OS.